The first-order chi connectivity index (χ1) is 10.3. The molecule has 21 heavy (non-hydrogen) atoms. The quantitative estimate of drug-likeness (QED) is 0.673. The molecule has 1 heterocycles. The topological polar surface area (TPSA) is 24.9 Å². The van der Waals surface area contributed by atoms with Gasteiger partial charge in [-0.2, -0.15) is 0 Å². The Morgan fingerprint density at radius 1 is 1.00 bits per heavy atom. The van der Waals surface area contributed by atoms with Gasteiger partial charge in [0.05, 0.1) is 5.69 Å². The molecule has 0 aliphatic heterocycles. The fourth-order valence-corrected chi connectivity index (χ4v) is 3.13. The molecule has 0 saturated carbocycles. The fourth-order valence-electron chi connectivity index (χ4n) is 2.29. The van der Waals surface area contributed by atoms with Gasteiger partial charge in [-0.25, -0.2) is 0 Å². The zero-order valence-electron chi connectivity index (χ0n) is 12.0. The normalized spacial score (nSPS) is 10.7. The highest BCUT2D eigenvalue weighted by Crippen LogP contribution is 2.26. The van der Waals surface area contributed by atoms with E-state index in [1.54, 1.807) is 0 Å². The summed E-state index contributed by atoms with van der Waals surface area (Å²) in [6.45, 7) is 3.03. The van der Waals surface area contributed by atoms with E-state index in [0.29, 0.717) is 0 Å². The molecule has 0 unspecified atom stereocenters. The minimum absolute atomic E-state index is 0.886. The van der Waals surface area contributed by atoms with Crippen LogP contribution in [-0.2, 0) is 5.75 Å². The Hall–Kier alpha value is -2.00. The number of fused-ring (bicyclic) bond motifs is 1. The molecule has 3 aromatic rings. The summed E-state index contributed by atoms with van der Waals surface area (Å²) < 4.78 is 0. The van der Waals surface area contributed by atoms with Gasteiger partial charge < -0.3 is 5.32 Å². The highest BCUT2D eigenvalue weighted by Gasteiger charge is 2.01. The highest BCUT2D eigenvalue weighted by atomic mass is 32.2. The van der Waals surface area contributed by atoms with Crippen molar-refractivity contribution in [1.82, 2.24) is 4.98 Å². The second-order valence-corrected chi connectivity index (χ2v) is 5.91. The number of nitrogens with zero attached hydrogens (tertiary/aromatic N) is 1. The second-order valence-electron chi connectivity index (χ2n) is 4.86. The molecule has 2 nitrogen and oxygen atoms in total. The summed E-state index contributed by atoms with van der Waals surface area (Å²) in [6.07, 6.45) is 1.87. The van der Waals surface area contributed by atoms with E-state index in [2.05, 4.69) is 65.8 Å². The van der Waals surface area contributed by atoms with Gasteiger partial charge in [0.2, 0.25) is 0 Å². The molecule has 1 aromatic heterocycles. The number of aromatic nitrogens is 1. The summed E-state index contributed by atoms with van der Waals surface area (Å²) >= 11 is 1.82. The largest absolute Gasteiger partial charge is 0.385 e. The molecule has 106 valence electrons. The van der Waals surface area contributed by atoms with Gasteiger partial charge >= 0.3 is 0 Å². The lowest BCUT2D eigenvalue weighted by Gasteiger charge is -2.06. The van der Waals surface area contributed by atoms with Crippen LogP contribution in [0.1, 0.15) is 12.6 Å². The number of thioether (sulfide) groups is 1. The van der Waals surface area contributed by atoms with Gasteiger partial charge in [-0.15, -0.1) is 11.8 Å². The van der Waals surface area contributed by atoms with Crippen molar-refractivity contribution in [2.45, 2.75) is 17.6 Å². The number of benzene rings is 2. The Balaban J connectivity index is 1.72. The van der Waals surface area contributed by atoms with Gasteiger partial charge in [-0.3, -0.25) is 4.98 Å². The van der Waals surface area contributed by atoms with Crippen molar-refractivity contribution in [3.63, 3.8) is 0 Å². The van der Waals surface area contributed by atoms with Crippen LogP contribution in [-0.4, -0.2) is 11.5 Å². The molecular weight excluding hydrogens is 276 g/mol. The van der Waals surface area contributed by atoms with E-state index >= 15 is 0 Å². The van der Waals surface area contributed by atoms with Gasteiger partial charge in [0, 0.05) is 29.1 Å². The monoisotopic (exact) mass is 294 g/mol. The SMILES string of the molecule is CCNc1ccnc(CSc2ccc3ccccc3c2)c1. The van der Waals surface area contributed by atoms with Crippen LogP contribution in [0.25, 0.3) is 10.8 Å². The standard InChI is InChI=1S/C18H18N2S/c1-2-19-16-9-10-20-17(12-16)13-21-18-8-7-14-5-3-4-6-15(14)11-18/h3-12H,2,13H2,1H3,(H,19,20). The Bertz CT molecular complexity index is 740. The van der Waals surface area contributed by atoms with Crippen molar-refractivity contribution in [1.29, 1.82) is 0 Å². The Morgan fingerprint density at radius 2 is 1.86 bits per heavy atom. The molecule has 0 atom stereocenters. The summed E-state index contributed by atoms with van der Waals surface area (Å²) in [7, 11) is 0. The van der Waals surface area contributed by atoms with E-state index in [4.69, 9.17) is 0 Å². The molecule has 3 rings (SSSR count). The van der Waals surface area contributed by atoms with Gasteiger partial charge in [0.1, 0.15) is 0 Å². The third-order valence-corrected chi connectivity index (χ3v) is 4.33. The van der Waals surface area contributed by atoms with Crippen molar-refractivity contribution >= 4 is 28.2 Å². The molecule has 0 bridgehead atoms. The molecule has 0 radical (unpaired) electrons. The number of anilines is 1. The molecule has 0 spiro atoms. The first-order valence-electron chi connectivity index (χ1n) is 7.15. The average molecular weight is 294 g/mol. The molecule has 0 saturated heterocycles. The van der Waals surface area contributed by atoms with Crippen molar-refractivity contribution in [2.75, 3.05) is 11.9 Å². The Labute approximate surface area is 129 Å². The third-order valence-electron chi connectivity index (χ3n) is 3.31. The predicted octanol–water partition coefficient (Wildman–Crippen LogP) is 4.96. The molecule has 0 fully saturated rings. The Morgan fingerprint density at radius 3 is 2.71 bits per heavy atom. The maximum absolute atomic E-state index is 4.44. The number of hydrogen-bond acceptors (Lipinski definition) is 3. The van der Waals surface area contributed by atoms with Crippen LogP contribution >= 0.6 is 11.8 Å². The predicted molar refractivity (Wildman–Crippen MR) is 91.9 cm³/mol. The number of pyridine rings is 1. The van der Waals surface area contributed by atoms with Crippen molar-refractivity contribution in [2.24, 2.45) is 0 Å². The van der Waals surface area contributed by atoms with E-state index < -0.39 is 0 Å². The summed E-state index contributed by atoms with van der Waals surface area (Å²) in [5.41, 5.74) is 2.24. The first-order valence-corrected chi connectivity index (χ1v) is 8.14. The molecule has 3 heteroatoms. The summed E-state index contributed by atoms with van der Waals surface area (Å²) in [5, 5.41) is 5.90. The number of rotatable bonds is 5. The minimum Gasteiger partial charge on any atom is -0.385 e. The zero-order chi connectivity index (χ0) is 14.5. The summed E-state index contributed by atoms with van der Waals surface area (Å²) in [6, 6.07) is 19.2. The fraction of sp³-hybridized carbons (Fsp3) is 0.167. The zero-order valence-corrected chi connectivity index (χ0v) is 12.9. The van der Waals surface area contributed by atoms with Crippen molar-refractivity contribution in [3.8, 4) is 0 Å². The van der Waals surface area contributed by atoms with Crippen LogP contribution in [0.4, 0.5) is 5.69 Å². The third kappa shape index (κ3) is 3.56. The maximum atomic E-state index is 4.44. The van der Waals surface area contributed by atoms with E-state index in [0.717, 1.165) is 23.7 Å². The van der Waals surface area contributed by atoms with Gasteiger partial charge in [0.25, 0.3) is 0 Å². The second kappa shape index (κ2) is 6.64. The molecule has 1 N–H and O–H groups in total. The molecule has 0 aliphatic rings. The van der Waals surface area contributed by atoms with Crippen LogP contribution in [0.3, 0.4) is 0 Å². The lowest BCUT2D eigenvalue weighted by Crippen LogP contribution is -1.97. The van der Waals surface area contributed by atoms with Crippen LogP contribution in [0, 0.1) is 0 Å². The van der Waals surface area contributed by atoms with Gasteiger partial charge in [0.15, 0.2) is 0 Å². The lowest BCUT2D eigenvalue weighted by molar-refractivity contribution is 1.15. The first kappa shape index (κ1) is 14.0. The van der Waals surface area contributed by atoms with Crippen LogP contribution in [0.5, 0.6) is 0 Å². The maximum Gasteiger partial charge on any atom is 0.0526 e. The smallest absolute Gasteiger partial charge is 0.0526 e. The van der Waals surface area contributed by atoms with E-state index in [-0.39, 0.29) is 0 Å². The van der Waals surface area contributed by atoms with E-state index in [1.165, 1.54) is 15.7 Å². The molecular formula is C18H18N2S. The number of hydrogen-bond donors (Lipinski definition) is 1. The van der Waals surface area contributed by atoms with Crippen molar-refractivity contribution < 1.29 is 0 Å². The van der Waals surface area contributed by atoms with E-state index in [9.17, 15) is 0 Å². The Kier molecular flexibility index (Phi) is 4.41. The highest BCUT2D eigenvalue weighted by molar-refractivity contribution is 7.98. The molecule has 0 aliphatic carbocycles. The van der Waals surface area contributed by atoms with Gasteiger partial charge in [-0.05, 0) is 42.0 Å². The number of nitrogens with one attached hydrogen (secondary N) is 1. The minimum atomic E-state index is 0.886. The molecule has 0 amide bonds. The van der Waals surface area contributed by atoms with Crippen LogP contribution < -0.4 is 5.32 Å². The van der Waals surface area contributed by atoms with Crippen LogP contribution in [0.2, 0.25) is 0 Å². The van der Waals surface area contributed by atoms with E-state index in [1.807, 2.05) is 24.0 Å². The average Bonchev–Trinajstić information content (AvgIpc) is 2.53. The lowest BCUT2D eigenvalue weighted by atomic mass is 10.1. The van der Waals surface area contributed by atoms with Crippen LogP contribution in [0.15, 0.2) is 65.7 Å². The van der Waals surface area contributed by atoms with Crippen molar-refractivity contribution in [3.05, 3.63) is 66.5 Å². The summed E-state index contributed by atoms with van der Waals surface area (Å²) in [5.74, 6) is 0.886. The molecule has 2 aromatic carbocycles. The van der Waals surface area contributed by atoms with Gasteiger partial charge in [-0.1, -0.05) is 30.3 Å². The summed E-state index contributed by atoms with van der Waals surface area (Å²) in [4.78, 5) is 5.72.